The third-order valence-electron chi connectivity index (χ3n) is 3.70. The zero-order chi connectivity index (χ0) is 17.4. The summed E-state index contributed by atoms with van der Waals surface area (Å²) in [5, 5.41) is 6.36. The van der Waals surface area contributed by atoms with Gasteiger partial charge in [-0.15, -0.1) is 0 Å². The molecule has 0 unspecified atom stereocenters. The molecule has 2 N–H and O–H groups in total. The molecule has 0 aromatic heterocycles. The van der Waals surface area contributed by atoms with E-state index in [1.807, 2.05) is 13.1 Å². The van der Waals surface area contributed by atoms with Crippen molar-refractivity contribution in [2.45, 2.75) is 33.1 Å². The summed E-state index contributed by atoms with van der Waals surface area (Å²) in [5.41, 5.74) is 2.24. The van der Waals surface area contributed by atoms with Gasteiger partial charge in [0.25, 0.3) is 0 Å². The highest BCUT2D eigenvalue weighted by molar-refractivity contribution is 5.93. The van der Waals surface area contributed by atoms with Crippen LogP contribution in [0.15, 0.2) is 35.0 Å². The van der Waals surface area contributed by atoms with Gasteiger partial charge in [0.2, 0.25) is 0 Å². The SMILES string of the molecule is CCOC(=O)Cc1ccc(NC(C)=NC=C2CCNCC2)cc1F. The maximum absolute atomic E-state index is 14.1. The van der Waals surface area contributed by atoms with Gasteiger partial charge in [-0.3, -0.25) is 4.79 Å². The highest BCUT2D eigenvalue weighted by Gasteiger charge is 2.10. The number of anilines is 1. The molecule has 1 aromatic carbocycles. The van der Waals surface area contributed by atoms with Crippen LogP contribution in [0.25, 0.3) is 0 Å². The molecule has 0 atom stereocenters. The largest absolute Gasteiger partial charge is 0.466 e. The Labute approximate surface area is 142 Å². The second-order valence-corrected chi connectivity index (χ2v) is 5.66. The molecule has 1 aliphatic rings. The molecule has 1 fully saturated rings. The van der Waals surface area contributed by atoms with E-state index in [0.717, 1.165) is 25.9 Å². The molecule has 1 heterocycles. The van der Waals surface area contributed by atoms with Crippen LogP contribution in [0.1, 0.15) is 32.3 Å². The van der Waals surface area contributed by atoms with Crippen LogP contribution in [-0.2, 0) is 16.0 Å². The average molecular weight is 333 g/mol. The van der Waals surface area contributed by atoms with Crippen molar-refractivity contribution in [3.8, 4) is 0 Å². The van der Waals surface area contributed by atoms with Gasteiger partial charge in [-0.05, 0) is 63.0 Å². The Kier molecular flexibility index (Phi) is 6.93. The lowest BCUT2D eigenvalue weighted by Crippen LogP contribution is -2.23. The number of piperidine rings is 1. The molecule has 1 aromatic rings. The molecule has 1 saturated heterocycles. The maximum atomic E-state index is 14.1. The smallest absolute Gasteiger partial charge is 0.310 e. The van der Waals surface area contributed by atoms with Crippen LogP contribution in [0, 0.1) is 5.82 Å². The van der Waals surface area contributed by atoms with Crippen molar-refractivity contribution in [3.05, 3.63) is 41.4 Å². The topological polar surface area (TPSA) is 62.7 Å². The van der Waals surface area contributed by atoms with E-state index in [4.69, 9.17) is 4.74 Å². The minimum absolute atomic E-state index is 0.0623. The number of nitrogens with zero attached hydrogens (tertiary/aromatic N) is 1. The third-order valence-corrected chi connectivity index (χ3v) is 3.70. The van der Waals surface area contributed by atoms with Crippen molar-refractivity contribution >= 4 is 17.5 Å². The number of ether oxygens (including phenoxy) is 1. The van der Waals surface area contributed by atoms with E-state index in [0.29, 0.717) is 23.7 Å². The van der Waals surface area contributed by atoms with Gasteiger partial charge in [0.15, 0.2) is 0 Å². The van der Waals surface area contributed by atoms with E-state index in [2.05, 4.69) is 15.6 Å². The molecule has 0 radical (unpaired) electrons. The first kappa shape index (κ1) is 18.1. The van der Waals surface area contributed by atoms with E-state index in [-0.39, 0.29) is 6.42 Å². The van der Waals surface area contributed by atoms with Crippen molar-refractivity contribution < 1.29 is 13.9 Å². The van der Waals surface area contributed by atoms with Crippen LogP contribution in [0.4, 0.5) is 10.1 Å². The number of hydrogen-bond donors (Lipinski definition) is 2. The van der Waals surface area contributed by atoms with E-state index in [1.165, 1.54) is 11.6 Å². The Morgan fingerprint density at radius 2 is 2.17 bits per heavy atom. The Balaban J connectivity index is 1.97. The molecule has 0 bridgehead atoms. The fourth-order valence-corrected chi connectivity index (χ4v) is 2.44. The summed E-state index contributed by atoms with van der Waals surface area (Å²) in [4.78, 5) is 15.8. The van der Waals surface area contributed by atoms with Gasteiger partial charge in [0.05, 0.1) is 13.0 Å². The first-order valence-corrected chi connectivity index (χ1v) is 8.22. The monoisotopic (exact) mass is 333 g/mol. The Morgan fingerprint density at radius 3 is 2.83 bits per heavy atom. The van der Waals surface area contributed by atoms with E-state index in [9.17, 15) is 9.18 Å². The van der Waals surface area contributed by atoms with Crippen LogP contribution >= 0.6 is 0 Å². The third kappa shape index (κ3) is 5.77. The van der Waals surface area contributed by atoms with E-state index >= 15 is 0 Å². The summed E-state index contributed by atoms with van der Waals surface area (Å²) in [6.45, 7) is 5.83. The molecule has 5 nitrogen and oxygen atoms in total. The van der Waals surface area contributed by atoms with Gasteiger partial charge in [-0.2, -0.15) is 0 Å². The lowest BCUT2D eigenvalue weighted by atomic mass is 10.1. The summed E-state index contributed by atoms with van der Waals surface area (Å²) < 4.78 is 18.9. The van der Waals surface area contributed by atoms with Gasteiger partial charge in [0.1, 0.15) is 11.7 Å². The predicted molar refractivity (Wildman–Crippen MR) is 93.7 cm³/mol. The standard InChI is InChI=1S/C18H24FN3O2/c1-3-24-18(23)10-15-4-5-16(11-17(15)19)22-13(2)21-12-14-6-8-20-9-7-14/h4-5,11-12,20H,3,6-10H2,1-2H3,(H,21,22). The van der Waals surface area contributed by atoms with Gasteiger partial charge in [-0.25, -0.2) is 9.38 Å². The lowest BCUT2D eigenvalue weighted by molar-refractivity contribution is -0.142. The summed E-state index contributed by atoms with van der Waals surface area (Å²) in [5.74, 6) is -0.167. The number of halogens is 1. The minimum Gasteiger partial charge on any atom is -0.466 e. The Bertz CT molecular complexity index is 633. The van der Waals surface area contributed by atoms with Gasteiger partial charge in [0, 0.05) is 11.9 Å². The average Bonchev–Trinajstić information content (AvgIpc) is 2.57. The van der Waals surface area contributed by atoms with E-state index < -0.39 is 11.8 Å². The normalized spacial score (nSPS) is 15.1. The Hall–Kier alpha value is -2.21. The second-order valence-electron chi connectivity index (χ2n) is 5.66. The van der Waals surface area contributed by atoms with Crippen molar-refractivity contribution in [1.29, 1.82) is 0 Å². The summed E-state index contributed by atoms with van der Waals surface area (Å²) >= 11 is 0. The number of aliphatic imine (C=N–C) groups is 1. The first-order chi connectivity index (χ1) is 11.6. The lowest BCUT2D eigenvalue weighted by Gasteiger charge is -2.14. The van der Waals surface area contributed by atoms with Crippen LogP contribution in [0.2, 0.25) is 0 Å². The molecule has 24 heavy (non-hydrogen) atoms. The molecule has 6 heteroatoms. The summed E-state index contributed by atoms with van der Waals surface area (Å²) in [6, 6.07) is 4.69. The second kappa shape index (κ2) is 9.17. The van der Waals surface area contributed by atoms with Crippen LogP contribution < -0.4 is 10.6 Å². The molecule has 0 amide bonds. The van der Waals surface area contributed by atoms with E-state index in [1.54, 1.807) is 19.1 Å². The first-order valence-electron chi connectivity index (χ1n) is 8.22. The summed E-state index contributed by atoms with van der Waals surface area (Å²) in [6.07, 6.45) is 3.84. The number of benzene rings is 1. The van der Waals surface area contributed by atoms with Crippen molar-refractivity contribution in [2.24, 2.45) is 4.99 Å². The quantitative estimate of drug-likeness (QED) is 0.494. The highest BCUT2D eigenvalue weighted by atomic mass is 19.1. The van der Waals surface area contributed by atoms with Gasteiger partial charge < -0.3 is 15.4 Å². The molecular weight excluding hydrogens is 309 g/mol. The number of carbonyl (C=O) groups excluding carboxylic acids is 1. The number of hydrogen-bond acceptors (Lipinski definition) is 4. The number of carbonyl (C=O) groups is 1. The van der Waals surface area contributed by atoms with Gasteiger partial charge >= 0.3 is 5.97 Å². The number of nitrogens with one attached hydrogen (secondary N) is 2. The number of rotatable bonds is 5. The zero-order valence-electron chi connectivity index (χ0n) is 14.2. The highest BCUT2D eigenvalue weighted by Crippen LogP contribution is 2.16. The Morgan fingerprint density at radius 1 is 1.42 bits per heavy atom. The van der Waals surface area contributed by atoms with Crippen LogP contribution in [0.3, 0.4) is 0 Å². The van der Waals surface area contributed by atoms with Crippen molar-refractivity contribution in [3.63, 3.8) is 0 Å². The fourth-order valence-electron chi connectivity index (χ4n) is 2.44. The molecule has 130 valence electrons. The van der Waals surface area contributed by atoms with Crippen molar-refractivity contribution in [2.75, 3.05) is 25.0 Å². The molecular formula is C18H24FN3O2. The summed E-state index contributed by atoms with van der Waals surface area (Å²) in [7, 11) is 0. The number of amidine groups is 1. The fraction of sp³-hybridized carbons (Fsp3) is 0.444. The molecule has 0 saturated carbocycles. The maximum Gasteiger partial charge on any atom is 0.310 e. The van der Waals surface area contributed by atoms with Crippen molar-refractivity contribution in [1.82, 2.24) is 5.32 Å². The van der Waals surface area contributed by atoms with Crippen LogP contribution in [0.5, 0.6) is 0 Å². The number of esters is 1. The molecule has 0 spiro atoms. The molecule has 0 aliphatic carbocycles. The minimum atomic E-state index is -0.433. The molecule has 2 rings (SSSR count). The van der Waals surface area contributed by atoms with Gasteiger partial charge in [-0.1, -0.05) is 6.07 Å². The van der Waals surface area contributed by atoms with Crippen LogP contribution in [-0.4, -0.2) is 31.5 Å². The molecule has 1 aliphatic heterocycles. The zero-order valence-corrected chi connectivity index (χ0v) is 14.2. The predicted octanol–water partition coefficient (Wildman–Crippen LogP) is 3.03.